The molecule has 2 N–H and O–H groups in total. The van der Waals surface area contributed by atoms with Crippen LogP contribution in [-0.2, 0) is 4.79 Å². The molecule has 0 aromatic heterocycles. The van der Waals surface area contributed by atoms with E-state index in [2.05, 4.69) is 23.6 Å². The van der Waals surface area contributed by atoms with Gasteiger partial charge in [-0.05, 0) is 49.2 Å². The smallest absolute Gasteiger partial charge is 0.243 e. The van der Waals surface area contributed by atoms with Gasteiger partial charge < -0.3 is 10.6 Å². The number of hydrogen-bond acceptors (Lipinski definition) is 4. The normalized spacial score (nSPS) is 9.96. The summed E-state index contributed by atoms with van der Waals surface area (Å²) in [7, 11) is 0. The Morgan fingerprint density at radius 1 is 1.17 bits per heavy atom. The summed E-state index contributed by atoms with van der Waals surface area (Å²) < 4.78 is 0. The van der Waals surface area contributed by atoms with Gasteiger partial charge in [0.2, 0.25) is 5.91 Å². The molecule has 0 aliphatic carbocycles. The van der Waals surface area contributed by atoms with Crippen molar-refractivity contribution in [3.8, 4) is 6.07 Å². The average molecular weight is 325 g/mol. The Morgan fingerprint density at radius 3 is 2.70 bits per heavy atom. The first-order valence-electron chi connectivity index (χ1n) is 7.30. The first-order chi connectivity index (χ1) is 11.1. The monoisotopic (exact) mass is 325 g/mol. The molecule has 118 valence electrons. The molecule has 2 rings (SSSR count). The van der Waals surface area contributed by atoms with Gasteiger partial charge in [0.25, 0.3) is 0 Å². The zero-order valence-electron chi connectivity index (χ0n) is 13.2. The Hall–Kier alpha value is -2.45. The minimum absolute atomic E-state index is 0.117. The molecule has 0 saturated carbocycles. The van der Waals surface area contributed by atoms with Gasteiger partial charge in [-0.2, -0.15) is 5.26 Å². The number of benzene rings is 2. The van der Waals surface area contributed by atoms with Gasteiger partial charge in [0.1, 0.15) is 0 Å². The van der Waals surface area contributed by atoms with Crippen LogP contribution in [0.1, 0.15) is 11.1 Å². The zero-order chi connectivity index (χ0) is 16.7. The fourth-order valence-electron chi connectivity index (χ4n) is 2.03. The minimum atomic E-state index is -0.117. The van der Waals surface area contributed by atoms with Gasteiger partial charge in [-0.3, -0.25) is 4.79 Å². The Bertz CT molecular complexity index is 737. The van der Waals surface area contributed by atoms with Crippen molar-refractivity contribution < 1.29 is 4.79 Å². The molecule has 5 heteroatoms. The summed E-state index contributed by atoms with van der Waals surface area (Å²) in [6.45, 7) is 4.30. The quantitative estimate of drug-likeness (QED) is 0.789. The van der Waals surface area contributed by atoms with E-state index in [1.54, 1.807) is 0 Å². The van der Waals surface area contributed by atoms with Gasteiger partial charge in [-0.25, -0.2) is 0 Å². The number of amides is 1. The maximum absolute atomic E-state index is 12.1. The maximum Gasteiger partial charge on any atom is 0.243 e. The van der Waals surface area contributed by atoms with Gasteiger partial charge in [0.15, 0.2) is 0 Å². The Morgan fingerprint density at radius 2 is 1.96 bits per heavy atom. The largest absolute Gasteiger partial charge is 0.376 e. The molecule has 0 radical (unpaired) electrons. The molecule has 0 bridgehead atoms. The standard InChI is InChI=1S/C18H19N3OS/c1-13-7-8-15(11-14(13)2)20-12-18(22)21-16-5-3-4-6-17(16)23-10-9-19/h3-8,11,20H,10,12H2,1-2H3,(H,21,22). The van der Waals surface area contributed by atoms with E-state index in [-0.39, 0.29) is 12.5 Å². The van der Waals surface area contributed by atoms with Crippen LogP contribution in [0.3, 0.4) is 0 Å². The molecule has 0 heterocycles. The molecule has 4 nitrogen and oxygen atoms in total. The average Bonchev–Trinajstić information content (AvgIpc) is 2.55. The number of hydrogen-bond donors (Lipinski definition) is 2. The number of nitrogens with one attached hydrogen (secondary N) is 2. The number of anilines is 2. The van der Waals surface area contributed by atoms with Gasteiger partial charge in [-0.15, -0.1) is 11.8 Å². The number of nitrogens with zero attached hydrogens (tertiary/aromatic N) is 1. The van der Waals surface area contributed by atoms with Crippen LogP contribution < -0.4 is 10.6 Å². The van der Waals surface area contributed by atoms with Crippen LogP contribution in [0.2, 0.25) is 0 Å². The highest BCUT2D eigenvalue weighted by molar-refractivity contribution is 7.99. The molecule has 0 fully saturated rings. The van der Waals surface area contributed by atoms with Crippen LogP contribution in [0.15, 0.2) is 47.4 Å². The summed E-state index contributed by atoms with van der Waals surface area (Å²) in [5, 5.41) is 14.7. The number of aryl methyl sites for hydroxylation is 2. The predicted octanol–water partition coefficient (Wildman–Crippen LogP) is 3.97. The van der Waals surface area contributed by atoms with Crippen LogP contribution in [0.25, 0.3) is 0 Å². The third-order valence-corrected chi connectivity index (χ3v) is 4.35. The van der Waals surface area contributed by atoms with Gasteiger partial charge in [0.05, 0.1) is 24.1 Å². The minimum Gasteiger partial charge on any atom is -0.376 e. The van der Waals surface area contributed by atoms with Gasteiger partial charge in [0, 0.05) is 10.6 Å². The fraction of sp³-hybridized carbons (Fsp3) is 0.222. The molecule has 0 atom stereocenters. The molecule has 0 saturated heterocycles. The highest BCUT2D eigenvalue weighted by Gasteiger charge is 2.07. The topological polar surface area (TPSA) is 64.9 Å². The molecule has 0 aliphatic rings. The summed E-state index contributed by atoms with van der Waals surface area (Å²) in [6.07, 6.45) is 0. The molecule has 0 spiro atoms. The Balaban J connectivity index is 1.94. The second-order valence-corrected chi connectivity index (χ2v) is 6.16. The van der Waals surface area contributed by atoms with E-state index >= 15 is 0 Å². The molecular formula is C18H19N3OS. The van der Waals surface area contributed by atoms with Gasteiger partial charge >= 0.3 is 0 Å². The molecule has 2 aromatic carbocycles. The number of para-hydroxylation sites is 1. The number of nitriles is 1. The van der Waals surface area contributed by atoms with Crippen LogP contribution in [-0.4, -0.2) is 18.2 Å². The van der Waals surface area contributed by atoms with Crippen LogP contribution in [0.4, 0.5) is 11.4 Å². The summed E-state index contributed by atoms with van der Waals surface area (Å²) in [6, 6.07) is 15.6. The lowest BCUT2D eigenvalue weighted by Crippen LogP contribution is -2.22. The molecule has 0 aliphatic heterocycles. The highest BCUT2D eigenvalue weighted by atomic mass is 32.2. The Kier molecular flexibility index (Phi) is 6.07. The van der Waals surface area contributed by atoms with Crippen molar-refractivity contribution in [3.63, 3.8) is 0 Å². The van der Waals surface area contributed by atoms with E-state index in [4.69, 9.17) is 5.26 Å². The van der Waals surface area contributed by atoms with Crippen LogP contribution in [0, 0.1) is 25.2 Å². The van der Waals surface area contributed by atoms with E-state index in [0.717, 1.165) is 16.3 Å². The van der Waals surface area contributed by atoms with E-state index < -0.39 is 0 Å². The molecule has 2 aromatic rings. The molecule has 1 amide bonds. The van der Waals surface area contributed by atoms with E-state index in [0.29, 0.717) is 5.75 Å². The summed E-state index contributed by atoms with van der Waals surface area (Å²) in [4.78, 5) is 13.0. The Labute approximate surface area is 140 Å². The number of rotatable bonds is 6. The van der Waals surface area contributed by atoms with Crippen molar-refractivity contribution in [2.75, 3.05) is 22.9 Å². The predicted molar refractivity (Wildman–Crippen MR) is 95.8 cm³/mol. The summed E-state index contributed by atoms with van der Waals surface area (Å²) in [5.41, 5.74) is 4.08. The third kappa shape index (κ3) is 5.04. The van der Waals surface area contributed by atoms with Crippen molar-refractivity contribution in [1.82, 2.24) is 0 Å². The van der Waals surface area contributed by atoms with Crippen LogP contribution in [0.5, 0.6) is 0 Å². The zero-order valence-corrected chi connectivity index (χ0v) is 14.0. The summed E-state index contributed by atoms with van der Waals surface area (Å²) >= 11 is 1.41. The number of carbonyl (C=O) groups is 1. The lowest BCUT2D eigenvalue weighted by atomic mass is 10.1. The van der Waals surface area contributed by atoms with E-state index in [9.17, 15) is 4.79 Å². The lowest BCUT2D eigenvalue weighted by molar-refractivity contribution is -0.114. The van der Waals surface area contributed by atoms with E-state index in [1.807, 2.05) is 49.4 Å². The molecular weight excluding hydrogens is 306 g/mol. The van der Waals surface area contributed by atoms with E-state index in [1.165, 1.54) is 22.9 Å². The number of carbonyl (C=O) groups excluding carboxylic acids is 1. The third-order valence-electron chi connectivity index (χ3n) is 3.41. The molecule has 23 heavy (non-hydrogen) atoms. The first-order valence-corrected chi connectivity index (χ1v) is 8.28. The second kappa shape index (κ2) is 8.25. The highest BCUT2D eigenvalue weighted by Crippen LogP contribution is 2.26. The SMILES string of the molecule is Cc1ccc(NCC(=O)Nc2ccccc2SCC#N)cc1C. The molecule has 0 unspecified atom stereocenters. The van der Waals surface area contributed by atoms with Crippen molar-refractivity contribution in [2.45, 2.75) is 18.7 Å². The number of thioether (sulfide) groups is 1. The first kappa shape index (κ1) is 16.9. The van der Waals surface area contributed by atoms with Crippen molar-refractivity contribution in [1.29, 1.82) is 5.26 Å². The van der Waals surface area contributed by atoms with Crippen molar-refractivity contribution in [2.24, 2.45) is 0 Å². The van der Waals surface area contributed by atoms with Gasteiger partial charge in [-0.1, -0.05) is 18.2 Å². The van der Waals surface area contributed by atoms with Crippen molar-refractivity contribution in [3.05, 3.63) is 53.6 Å². The summed E-state index contributed by atoms with van der Waals surface area (Å²) in [5.74, 6) is 0.238. The lowest BCUT2D eigenvalue weighted by Gasteiger charge is -2.11. The maximum atomic E-state index is 12.1. The fourth-order valence-corrected chi connectivity index (χ4v) is 2.70. The second-order valence-electron chi connectivity index (χ2n) is 5.14. The van der Waals surface area contributed by atoms with Crippen molar-refractivity contribution >= 4 is 29.0 Å². The van der Waals surface area contributed by atoms with Crippen LogP contribution >= 0.6 is 11.8 Å².